The molecule has 116 valence electrons. The molecule has 1 saturated heterocycles. The number of hydrogen-bond acceptors (Lipinski definition) is 5. The SMILES string of the molecule is CC(NC1CSCCSC1)c1ccc2c(c1)OCCCO2. The number of rotatable bonds is 3. The summed E-state index contributed by atoms with van der Waals surface area (Å²) >= 11 is 4.12. The van der Waals surface area contributed by atoms with Gasteiger partial charge < -0.3 is 14.8 Å². The highest BCUT2D eigenvalue weighted by molar-refractivity contribution is 8.03. The van der Waals surface area contributed by atoms with Crippen LogP contribution >= 0.6 is 23.5 Å². The van der Waals surface area contributed by atoms with Crippen LogP contribution in [0.15, 0.2) is 18.2 Å². The fraction of sp³-hybridized carbons (Fsp3) is 0.625. The Hall–Kier alpha value is -0.520. The Morgan fingerprint density at radius 1 is 1.10 bits per heavy atom. The molecule has 0 spiro atoms. The average molecular weight is 325 g/mol. The minimum Gasteiger partial charge on any atom is -0.490 e. The molecule has 0 aromatic heterocycles. The van der Waals surface area contributed by atoms with Crippen LogP contribution in [0.5, 0.6) is 11.5 Å². The summed E-state index contributed by atoms with van der Waals surface area (Å²) in [4.78, 5) is 0. The second-order valence-corrected chi connectivity index (χ2v) is 7.79. The Bertz CT molecular complexity index is 462. The molecular formula is C16H23NO2S2. The quantitative estimate of drug-likeness (QED) is 0.921. The molecule has 2 heterocycles. The lowest BCUT2D eigenvalue weighted by Gasteiger charge is -2.22. The fourth-order valence-electron chi connectivity index (χ4n) is 2.61. The van der Waals surface area contributed by atoms with Gasteiger partial charge in [0.25, 0.3) is 0 Å². The van der Waals surface area contributed by atoms with E-state index in [1.165, 1.54) is 28.6 Å². The first-order valence-electron chi connectivity index (χ1n) is 7.64. The summed E-state index contributed by atoms with van der Waals surface area (Å²) in [6.45, 7) is 3.73. The van der Waals surface area contributed by atoms with Crippen molar-refractivity contribution >= 4 is 23.5 Å². The van der Waals surface area contributed by atoms with E-state index in [1.54, 1.807) is 0 Å². The van der Waals surface area contributed by atoms with Crippen LogP contribution in [0.3, 0.4) is 0 Å². The summed E-state index contributed by atoms with van der Waals surface area (Å²) in [5.74, 6) is 6.75. The Balaban J connectivity index is 1.66. The minimum atomic E-state index is 0.339. The van der Waals surface area contributed by atoms with Gasteiger partial charge in [-0.25, -0.2) is 0 Å². The molecule has 21 heavy (non-hydrogen) atoms. The summed E-state index contributed by atoms with van der Waals surface area (Å²) in [7, 11) is 0. The van der Waals surface area contributed by atoms with Crippen molar-refractivity contribution in [3.05, 3.63) is 23.8 Å². The van der Waals surface area contributed by atoms with Crippen LogP contribution in [0.1, 0.15) is 24.9 Å². The fourth-order valence-corrected chi connectivity index (χ4v) is 5.03. The lowest BCUT2D eigenvalue weighted by atomic mass is 10.1. The predicted octanol–water partition coefficient (Wildman–Crippen LogP) is 3.35. The number of ether oxygens (including phenoxy) is 2. The third kappa shape index (κ3) is 4.24. The molecule has 0 radical (unpaired) electrons. The van der Waals surface area contributed by atoms with Crippen LogP contribution in [0, 0.1) is 0 Å². The van der Waals surface area contributed by atoms with Crippen LogP contribution in [-0.4, -0.2) is 42.3 Å². The Morgan fingerprint density at radius 3 is 2.57 bits per heavy atom. The molecule has 1 aromatic carbocycles. The van der Waals surface area contributed by atoms with Gasteiger partial charge in [-0.3, -0.25) is 0 Å². The summed E-state index contributed by atoms with van der Waals surface area (Å²) in [5, 5.41) is 3.76. The molecule has 2 aliphatic rings. The van der Waals surface area contributed by atoms with E-state index in [0.29, 0.717) is 12.1 Å². The largest absolute Gasteiger partial charge is 0.490 e. The second-order valence-electron chi connectivity index (χ2n) is 5.49. The van der Waals surface area contributed by atoms with Gasteiger partial charge in [0, 0.05) is 41.5 Å². The van der Waals surface area contributed by atoms with E-state index < -0.39 is 0 Å². The summed E-state index contributed by atoms with van der Waals surface area (Å²) in [6.07, 6.45) is 0.953. The maximum Gasteiger partial charge on any atom is 0.161 e. The number of nitrogens with one attached hydrogen (secondary N) is 1. The van der Waals surface area contributed by atoms with Crippen molar-refractivity contribution in [1.29, 1.82) is 0 Å². The topological polar surface area (TPSA) is 30.5 Å². The van der Waals surface area contributed by atoms with E-state index in [2.05, 4.69) is 47.9 Å². The molecule has 0 amide bonds. The number of thioether (sulfide) groups is 2. The van der Waals surface area contributed by atoms with Crippen molar-refractivity contribution in [3.63, 3.8) is 0 Å². The summed E-state index contributed by atoms with van der Waals surface area (Å²) in [6, 6.07) is 7.27. The second kappa shape index (κ2) is 7.65. The molecule has 1 N–H and O–H groups in total. The van der Waals surface area contributed by atoms with Gasteiger partial charge >= 0.3 is 0 Å². The standard InChI is InChI=1S/C16H23NO2S2/c1-12(17-14-10-20-7-8-21-11-14)13-3-4-15-16(9-13)19-6-2-5-18-15/h3-4,9,12,14,17H,2,5-8,10-11H2,1H3. The van der Waals surface area contributed by atoms with Crippen molar-refractivity contribution < 1.29 is 9.47 Å². The van der Waals surface area contributed by atoms with Crippen LogP contribution < -0.4 is 14.8 Å². The van der Waals surface area contributed by atoms with Crippen LogP contribution in [-0.2, 0) is 0 Å². The number of hydrogen-bond donors (Lipinski definition) is 1. The highest BCUT2D eigenvalue weighted by Crippen LogP contribution is 2.32. The summed E-state index contributed by atoms with van der Waals surface area (Å²) in [5.41, 5.74) is 1.28. The van der Waals surface area contributed by atoms with Crippen LogP contribution in [0.25, 0.3) is 0 Å². The molecule has 1 unspecified atom stereocenters. The Morgan fingerprint density at radius 2 is 1.81 bits per heavy atom. The van der Waals surface area contributed by atoms with E-state index in [9.17, 15) is 0 Å². The first-order valence-corrected chi connectivity index (χ1v) is 9.95. The van der Waals surface area contributed by atoms with Gasteiger partial charge in [0.2, 0.25) is 0 Å². The third-order valence-corrected chi connectivity index (χ3v) is 6.29. The van der Waals surface area contributed by atoms with Crippen LogP contribution in [0.2, 0.25) is 0 Å². The van der Waals surface area contributed by atoms with Gasteiger partial charge in [0.05, 0.1) is 13.2 Å². The monoisotopic (exact) mass is 325 g/mol. The zero-order valence-corrected chi connectivity index (χ0v) is 14.1. The van der Waals surface area contributed by atoms with Gasteiger partial charge in [0.1, 0.15) is 0 Å². The molecule has 0 aliphatic carbocycles. The smallest absolute Gasteiger partial charge is 0.161 e. The highest BCUT2D eigenvalue weighted by atomic mass is 32.2. The van der Waals surface area contributed by atoms with Gasteiger partial charge in [0.15, 0.2) is 11.5 Å². The van der Waals surface area contributed by atoms with Crippen molar-refractivity contribution in [2.45, 2.75) is 25.4 Å². The molecule has 3 nitrogen and oxygen atoms in total. The van der Waals surface area contributed by atoms with Gasteiger partial charge in [-0.15, -0.1) is 0 Å². The Labute approximate surface area is 135 Å². The predicted molar refractivity (Wildman–Crippen MR) is 92.0 cm³/mol. The van der Waals surface area contributed by atoms with E-state index in [4.69, 9.17) is 9.47 Å². The summed E-state index contributed by atoms with van der Waals surface area (Å²) < 4.78 is 11.5. The average Bonchev–Trinajstić information content (AvgIpc) is 2.88. The van der Waals surface area contributed by atoms with E-state index in [0.717, 1.165) is 31.1 Å². The first-order chi connectivity index (χ1) is 10.3. The van der Waals surface area contributed by atoms with E-state index in [1.807, 2.05) is 6.07 Å². The Kier molecular flexibility index (Phi) is 5.61. The lowest BCUT2D eigenvalue weighted by Crippen LogP contribution is -2.35. The molecule has 1 aromatic rings. The molecule has 1 atom stereocenters. The maximum absolute atomic E-state index is 5.79. The zero-order chi connectivity index (χ0) is 14.5. The molecule has 0 bridgehead atoms. The van der Waals surface area contributed by atoms with E-state index in [-0.39, 0.29) is 0 Å². The normalized spacial score (nSPS) is 21.4. The number of benzene rings is 1. The lowest BCUT2D eigenvalue weighted by molar-refractivity contribution is 0.297. The molecule has 2 aliphatic heterocycles. The van der Waals surface area contributed by atoms with Crippen molar-refractivity contribution in [1.82, 2.24) is 5.32 Å². The third-order valence-electron chi connectivity index (χ3n) is 3.77. The minimum absolute atomic E-state index is 0.339. The molecule has 5 heteroatoms. The van der Waals surface area contributed by atoms with Crippen LogP contribution in [0.4, 0.5) is 0 Å². The van der Waals surface area contributed by atoms with E-state index >= 15 is 0 Å². The number of fused-ring (bicyclic) bond motifs is 1. The highest BCUT2D eigenvalue weighted by Gasteiger charge is 2.18. The zero-order valence-electron chi connectivity index (χ0n) is 12.5. The van der Waals surface area contributed by atoms with Gasteiger partial charge in [-0.05, 0) is 24.6 Å². The van der Waals surface area contributed by atoms with Gasteiger partial charge in [-0.1, -0.05) is 6.07 Å². The first kappa shape index (κ1) is 15.4. The maximum atomic E-state index is 5.79. The molecule has 3 rings (SSSR count). The van der Waals surface area contributed by atoms with Gasteiger partial charge in [-0.2, -0.15) is 23.5 Å². The molecular weight excluding hydrogens is 302 g/mol. The van der Waals surface area contributed by atoms with Crippen molar-refractivity contribution in [2.75, 3.05) is 36.2 Å². The van der Waals surface area contributed by atoms with Crippen molar-refractivity contribution in [3.8, 4) is 11.5 Å². The van der Waals surface area contributed by atoms with Crippen molar-refractivity contribution in [2.24, 2.45) is 0 Å². The molecule has 1 fully saturated rings. The molecule has 0 saturated carbocycles.